The number of hydrogen-bond donors (Lipinski definition) is 0. The van der Waals surface area contributed by atoms with Crippen LogP contribution in [0.3, 0.4) is 0 Å². The summed E-state index contributed by atoms with van der Waals surface area (Å²) < 4.78 is 5.56. The summed E-state index contributed by atoms with van der Waals surface area (Å²) in [5, 5.41) is 9.90. The van der Waals surface area contributed by atoms with Crippen molar-refractivity contribution in [2.24, 2.45) is 0 Å². The summed E-state index contributed by atoms with van der Waals surface area (Å²) in [5.74, 6) is 0.442. The van der Waals surface area contributed by atoms with Crippen molar-refractivity contribution >= 4 is 23.2 Å². The highest BCUT2D eigenvalue weighted by atomic mass is 35.5. The van der Waals surface area contributed by atoms with Gasteiger partial charge < -0.3 is 4.74 Å². The number of pyridine rings is 1. The monoisotopic (exact) mass is 278 g/mol. The number of hydrogen-bond acceptors (Lipinski definition) is 3. The summed E-state index contributed by atoms with van der Waals surface area (Å²) in [4.78, 5) is 3.89. The number of benzene rings is 1. The molecule has 0 aliphatic heterocycles. The zero-order chi connectivity index (χ0) is 13.0. The lowest BCUT2D eigenvalue weighted by Gasteiger charge is -2.09. The first-order valence-corrected chi connectivity index (χ1v) is 5.87. The van der Waals surface area contributed by atoms with Crippen molar-refractivity contribution in [3.05, 3.63) is 57.8 Å². The molecule has 0 aliphatic carbocycles. The molecule has 5 heteroatoms. The largest absolute Gasteiger partial charge is 0.487 e. The Hall–Kier alpha value is -1.76. The van der Waals surface area contributed by atoms with Crippen molar-refractivity contribution in [3.63, 3.8) is 0 Å². The quantitative estimate of drug-likeness (QED) is 0.857. The third-order valence-electron chi connectivity index (χ3n) is 2.33. The first kappa shape index (κ1) is 12.7. The maximum absolute atomic E-state index is 9.00. The van der Waals surface area contributed by atoms with E-state index in [1.807, 2.05) is 6.07 Å². The topological polar surface area (TPSA) is 45.9 Å². The van der Waals surface area contributed by atoms with E-state index in [2.05, 4.69) is 4.98 Å². The van der Waals surface area contributed by atoms with Crippen LogP contribution in [0.2, 0.25) is 10.0 Å². The molecular weight excluding hydrogens is 271 g/mol. The molecule has 0 saturated carbocycles. The maximum atomic E-state index is 9.00. The van der Waals surface area contributed by atoms with Crippen molar-refractivity contribution in [2.45, 2.75) is 6.61 Å². The normalized spacial score (nSPS) is 9.83. The number of ether oxygens (including phenoxy) is 1. The molecule has 0 spiro atoms. The van der Waals surface area contributed by atoms with Gasteiger partial charge >= 0.3 is 0 Å². The average Bonchev–Trinajstić information content (AvgIpc) is 2.38. The molecule has 0 N–H and O–H groups in total. The third kappa shape index (κ3) is 2.73. The first-order valence-electron chi connectivity index (χ1n) is 5.12. The molecule has 0 bridgehead atoms. The van der Waals surface area contributed by atoms with Crippen LogP contribution >= 0.6 is 23.2 Å². The van der Waals surface area contributed by atoms with Crippen LogP contribution in [-0.4, -0.2) is 4.98 Å². The average molecular weight is 279 g/mol. The highest BCUT2D eigenvalue weighted by Crippen LogP contribution is 2.26. The maximum Gasteiger partial charge on any atom is 0.139 e. The number of rotatable bonds is 3. The number of halogens is 2. The fourth-order valence-electron chi connectivity index (χ4n) is 1.41. The summed E-state index contributed by atoms with van der Waals surface area (Å²) in [6.07, 6.45) is 3.18. The second-order valence-corrected chi connectivity index (χ2v) is 4.29. The minimum atomic E-state index is 0.260. The van der Waals surface area contributed by atoms with Gasteiger partial charge in [-0.05, 0) is 18.2 Å². The van der Waals surface area contributed by atoms with Crippen LogP contribution in [0.5, 0.6) is 5.75 Å². The summed E-state index contributed by atoms with van der Waals surface area (Å²) in [6.45, 7) is 0.260. The molecule has 18 heavy (non-hydrogen) atoms. The summed E-state index contributed by atoms with van der Waals surface area (Å²) in [5.41, 5.74) is 1.12. The Morgan fingerprint density at radius 2 is 2.06 bits per heavy atom. The predicted octanol–water partition coefficient (Wildman–Crippen LogP) is 3.84. The highest BCUT2D eigenvalue weighted by molar-refractivity contribution is 6.32. The highest BCUT2D eigenvalue weighted by Gasteiger charge is 2.08. The first-order chi connectivity index (χ1) is 8.72. The Labute approximate surface area is 115 Å². The van der Waals surface area contributed by atoms with E-state index in [-0.39, 0.29) is 6.61 Å². The molecule has 1 aromatic heterocycles. The van der Waals surface area contributed by atoms with Crippen LogP contribution in [0.15, 0.2) is 36.7 Å². The molecule has 0 aliphatic rings. The van der Waals surface area contributed by atoms with E-state index in [0.717, 1.165) is 5.56 Å². The molecule has 1 heterocycles. The van der Waals surface area contributed by atoms with Gasteiger partial charge in [0.25, 0.3) is 0 Å². The molecule has 3 nitrogen and oxygen atoms in total. The molecule has 0 fully saturated rings. The lowest BCUT2D eigenvalue weighted by Crippen LogP contribution is -1.98. The number of nitrogens with zero attached hydrogens (tertiary/aromatic N) is 2. The van der Waals surface area contributed by atoms with Crippen molar-refractivity contribution in [2.75, 3.05) is 0 Å². The fourth-order valence-corrected chi connectivity index (χ4v) is 1.79. The van der Waals surface area contributed by atoms with E-state index < -0.39 is 0 Å². The van der Waals surface area contributed by atoms with E-state index in [4.69, 9.17) is 33.2 Å². The van der Waals surface area contributed by atoms with Crippen LogP contribution in [0.1, 0.15) is 11.1 Å². The molecule has 90 valence electrons. The van der Waals surface area contributed by atoms with Crippen LogP contribution in [0, 0.1) is 11.3 Å². The van der Waals surface area contributed by atoms with E-state index in [9.17, 15) is 0 Å². The number of nitriles is 1. The Balaban J connectivity index is 2.19. The molecule has 2 rings (SSSR count). The fraction of sp³-hybridized carbons (Fsp3) is 0.0769. The molecule has 1 aromatic carbocycles. The van der Waals surface area contributed by atoms with Gasteiger partial charge in [0.15, 0.2) is 0 Å². The Bertz CT molecular complexity index is 608. The third-order valence-corrected chi connectivity index (χ3v) is 2.98. The van der Waals surface area contributed by atoms with Crippen LogP contribution in [-0.2, 0) is 6.61 Å². The van der Waals surface area contributed by atoms with Gasteiger partial charge in [0.05, 0.1) is 10.0 Å². The zero-order valence-electron chi connectivity index (χ0n) is 9.23. The van der Waals surface area contributed by atoms with Gasteiger partial charge in [0.2, 0.25) is 0 Å². The van der Waals surface area contributed by atoms with Crippen LogP contribution < -0.4 is 4.74 Å². The molecule has 0 unspecified atom stereocenters. The molecular formula is C13H8Cl2N2O. The molecule has 0 amide bonds. The summed E-state index contributed by atoms with van der Waals surface area (Å²) in [6, 6.07) is 8.84. The van der Waals surface area contributed by atoms with Crippen molar-refractivity contribution in [1.29, 1.82) is 5.26 Å². The van der Waals surface area contributed by atoms with Gasteiger partial charge in [0.1, 0.15) is 24.0 Å². The molecule has 0 saturated heterocycles. The van der Waals surface area contributed by atoms with E-state index in [0.29, 0.717) is 21.4 Å². The molecule has 0 radical (unpaired) electrons. The van der Waals surface area contributed by atoms with Gasteiger partial charge in [0, 0.05) is 18.0 Å². The summed E-state index contributed by atoms with van der Waals surface area (Å²) >= 11 is 11.9. The second kappa shape index (κ2) is 5.72. The minimum absolute atomic E-state index is 0.260. The van der Waals surface area contributed by atoms with Gasteiger partial charge in [-0.25, -0.2) is 0 Å². The second-order valence-electron chi connectivity index (χ2n) is 3.48. The van der Waals surface area contributed by atoms with Crippen LogP contribution in [0.4, 0.5) is 0 Å². The Kier molecular flexibility index (Phi) is 4.03. The smallest absolute Gasteiger partial charge is 0.139 e. The predicted molar refractivity (Wildman–Crippen MR) is 69.7 cm³/mol. The lowest BCUT2D eigenvalue weighted by atomic mass is 10.2. The Morgan fingerprint density at radius 3 is 2.78 bits per heavy atom. The van der Waals surface area contributed by atoms with Crippen LogP contribution in [0.25, 0.3) is 0 Å². The van der Waals surface area contributed by atoms with E-state index in [1.54, 1.807) is 36.7 Å². The van der Waals surface area contributed by atoms with E-state index >= 15 is 0 Å². The van der Waals surface area contributed by atoms with E-state index in [1.165, 1.54) is 0 Å². The Morgan fingerprint density at radius 1 is 1.22 bits per heavy atom. The number of aromatic nitrogens is 1. The van der Waals surface area contributed by atoms with Crippen molar-refractivity contribution < 1.29 is 4.74 Å². The SMILES string of the molecule is N#Cc1c(Cl)cccc1OCc1ccncc1Cl. The van der Waals surface area contributed by atoms with Gasteiger partial charge in [-0.15, -0.1) is 0 Å². The van der Waals surface area contributed by atoms with Crippen molar-refractivity contribution in [3.8, 4) is 11.8 Å². The molecule has 0 atom stereocenters. The minimum Gasteiger partial charge on any atom is -0.487 e. The standard InChI is InChI=1S/C13H8Cl2N2O/c14-11-2-1-3-13(10(11)6-16)18-8-9-4-5-17-7-12(9)15/h1-5,7H,8H2. The lowest BCUT2D eigenvalue weighted by molar-refractivity contribution is 0.305. The van der Waals surface area contributed by atoms with Gasteiger partial charge in [-0.2, -0.15) is 5.26 Å². The van der Waals surface area contributed by atoms with Gasteiger partial charge in [-0.1, -0.05) is 29.3 Å². The summed E-state index contributed by atoms with van der Waals surface area (Å²) in [7, 11) is 0. The molecule has 2 aromatic rings. The van der Waals surface area contributed by atoms with Gasteiger partial charge in [-0.3, -0.25) is 4.98 Å². The van der Waals surface area contributed by atoms with Crippen molar-refractivity contribution in [1.82, 2.24) is 4.98 Å². The zero-order valence-corrected chi connectivity index (χ0v) is 10.7.